The highest BCUT2D eigenvalue weighted by Gasteiger charge is 2.31. The summed E-state index contributed by atoms with van der Waals surface area (Å²) in [6.45, 7) is 1.56. The molecule has 0 unspecified atom stereocenters. The molecular weight excluding hydrogens is 479 g/mol. The molecule has 0 spiro atoms. The summed E-state index contributed by atoms with van der Waals surface area (Å²) in [4.78, 5) is 36.8. The molecule has 34 heavy (non-hydrogen) atoms. The van der Waals surface area contributed by atoms with E-state index in [1.54, 1.807) is 6.92 Å². The van der Waals surface area contributed by atoms with Gasteiger partial charge in [0.2, 0.25) is 5.06 Å². The highest BCUT2D eigenvalue weighted by molar-refractivity contribution is 7.18. The molecule has 9 nitrogen and oxygen atoms in total. The van der Waals surface area contributed by atoms with E-state index in [9.17, 15) is 32.7 Å². The van der Waals surface area contributed by atoms with Gasteiger partial charge in [-0.3, -0.25) is 14.9 Å². The third-order valence-electron chi connectivity index (χ3n) is 4.28. The van der Waals surface area contributed by atoms with Gasteiger partial charge in [0, 0.05) is 24.5 Å². The second-order valence-electron chi connectivity index (χ2n) is 6.79. The number of urea groups is 1. The van der Waals surface area contributed by atoms with Crippen molar-refractivity contribution >= 4 is 34.7 Å². The van der Waals surface area contributed by atoms with Gasteiger partial charge in [0.1, 0.15) is 11.5 Å². The molecular formula is C21H18F3N3O6S. The molecule has 3 N–H and O–H groups in total. The van der Waals surface area contributed by atoms with Gasteiger partial charge in [-0.1, -0.05) is 30.4 Å². The number of nitrogens with zero attached hydrogens (tertiary/aromatic N) is 1. The van der Waals surface area contributed by atoms with Crippen molar-refractivity contribution in [1.82, 2.24) is 4.57 Å². The zero-order valence-corrected chi connectivity index (χ0v) is 18.5. The Morgan fingerprint density at radius 1 is 1.18 bits per heavy atom. The molecule has 0 radical (unpaired) electrons. The van der Waals surface area contributed by atoms with Gasteiger partial charge in [-0.15, -0.1) is 13.2 Å². The van der Waals surface area contributed by atoms with Crippen molar-refractivity contribution in [3.8, 4) is 27.0 Å². The quantitative estimate of drug-likeness (QED) is 0.426. The number of nitrogens with one attached hydrogen (secondary N) is 2. The first-order valence-electron chi connectivity index (χ1n) is 9.64. The molecule has 0 saturated carbocycles. The number of benzene rings is 1. The maximum absolute atomic E-state index is 12.6. The van der Waals surface area contributed by atoms with Gasteiger partial charge in [-0.05, 0) is 29.8 Å². The lowest BCUT2D eigenvalue weighted by atomic mass is 10.2. The van der Waals surface area contributed by atoms with Crippen LogP contribution in [0, 0.1) is 0 Å². The molecule has 0 aliphatic rings. The molecule has 0 atom stereocenters. The van der Waals surface area contributed by atoms with Gasteiger partial charge in [-0.25, -0.2) is 4.79 Å². The summed E-state index contributed by atoms with van der Waals surface area (Å²) < 4.78 is 48.0. The Balaban J connectivity index is 1.91. The number of aryl methyl sites for hydroxylation is 1. The van der Waals surface area contributed by atoms with Crippen molar-refractivity contribution in [2.45, 2.75) is 19.7 Å². The molecule has 180 valence electrons. The number of halogens is 3. The summed E-state index contributed by atoms with van der Waals surface area (Å²) in [5.74, 6) is -1.52. The number of pyridine rings is 1. The van der Waals surface area contributed by atoms with Crippen LogP contribution >= 0.6 is 11.3 Å². The summed E-state index contributed by atoms with van der Waals surface area (Å²) in [6, 6.07) is 6.80. The molecule has 3 rings (SSSR count). The molecule has 2 aromatic heterocycles. The lowest BCUT2D eigenvalue weighted by molar-refractivity contribution is -0.274. The smallest absolute Gasteiger partial charge is 0.505 e. The highest BCUT2D eigenvalue weighted by atomic mass is 32.1. The number of anilines is 2. The first-order chi connectivity index (χ1) is 16.0. The fourth-order valence-corrected chi connectivity index (χ4v) is 3.68. The van der Waals surface area contributed by atoms with Crippen molar-refractivity contribution in [2.75, 3.05) is 10.6 Å². The second kappa shape index (κ2) is 9.87. The van der Waals surface area contributed by atoms with E-state index >= 15 is 0 Å². The summed E-state index contributed by atoms with van der Waals surface area (Å²) >= 11 is 0.902. The first-order valence-corrected chi connectivity index (χ1v) is 10.5. The maximum atomic E-state index is 12.6. The largest absolute Gasteiger partial charge is 0.573 e. The van der Waals surface area contributed by atoms with Gasteiger partial charge < -0.3 is 24.5 Å². The van der Waals surface area contributed by atoms with E-state index in [0.29, 0.717) is 10.4 Å². The van der Waals surface area contributed by atoms with E-state index in [-0.39, 0.29) is 22.9 Å². The minimum Gasteiger partial charge on any atom is -0.505 e. The minimum atomic E-state index is -4.87. The number of esters is 1. The Morgan fingerprint density at radius 3 is 2.59 bits per heavy atom. The predicted octanol–water partition coefficient (Wildman–Crippen LogP) is 4.68. The van der Waals surface area contributed by atoms with Crippen LogP contribution in [0.25, 0.3) is 10.4 Å². The summed E-state index contributed by atoms with van der Waals surface area (Å²) in [7, 11) is 1.43. The number of hydrogen-bond donors (Lipinski definition) is 3. The Labute approximate surface area is 194 Å². The Bertz CT molecular complexity index is 1290. The van der Waals surface area contributed by atoms with Crippen molar-refractivity contribution in [2.24, 2.45) is 7.05 Å². The second-order valence-corrected chi connectivity index (χ2v) is 7.80. The van der Waals surface area contributed by atoms with E-state index in [4.69, 9.17) is 4.74 Å². The topological polar surface area (TPSA) is 119 Å². The average Bonchev–Trinajstić information content (AvgIpc) is 3.15. The van der Waals surface area contributed by atoms with Crippen LogP contribution in [0.4, 0.5) is 29.3 Å². The van der Waals surface area contributed by atoms with Crippen LogP contribution in [0.1, 0.15) is 13.3 Å². The molecule has 0 bridgehead atoms. The predicted molar refractivity (Wildman–Crippen MR) is 118 cm³/mol. The van der Waals surface area contributed by atoms with Crippen LogP contribution in [-0.2, 0) is 11.8 Å². The monoisotopic (exact) mass is 497 g/mol. The summed E-state index contributed by atoms with van der Waals surface area (Å²) in [5, 5.41) is 14.5. The van der Waals surface area contributed by atoms with Gasteiger partial charge >= 0.3 is 18.4 Å². The SMILES string of the molecule is CCC(=O)Oc1sc(-c2cccc(OC(F)(F)F)c2)cc1NC(=O)Nc1c(O)ccn(C)c1=O. The van der Waals surface area contributed by atoms with E-state index < -0.39 is 35.4 Å². The molecule has 2 amide bonds. The summed E-state index contributed by atoms with van der Waals surface area (Å²) in [6.07, 6.45) is -3.53. The lowest BCUT2D eigenvalue weighted by Gasteiger charge is -2.10. The number of ether oxygens (including phenoxy) is 2. The van der Waals surface area contributed by atoms with Crippen LogP contribution < -0.4 is 25.7 Å². The molecule has 3 aromatic rings. The van der Waals surface area contributed by atoms with Crippen molar-refractivity contribution in [1.29, 1.82) is 0 Å². The Morgan fingerprint density at radius 2 is 1.91 bits per heavy atom. The molecule has 0 aliphatic heterocycles. The lowest BCUT2D eigenvalue weighted by Crippen LogP contribution is -2.27. The van der Waals surface area contributed by atoms with E-state index in [2.05, 4.69) is 15.4 Å². The van der Waals surface area contributed by atoms with E-state index in [1.807, 2.05) is 0 Å². The number of rotatable bonds is 6. The van der Waals surface area contributed by atoms with E-state index in [0.717, 1.165) is 28.0 Å². The van der Waals surface area contributed by atoms with Crippen LogP contribution in [0.3, 0.4) is 0 Å². The molecule has 0 fully saturated rings. The number of carbonyl (C=O) groups is 2. The normalized spacial score (nSPS) is 11.1. The standard InChI is InChI=1S/C21H18F3N3O6S/c1-3-16(29)32-19-13(25-20(31)26-17-14(28)7-8-27(2)18(17)30)10-15(34-19)11-5-4-6-12(9-11)33-21(22,23)24/h4-10,28H,3H2,1-2H3,(H2,25,26,31). The number of hydrogen-bond acceptors (Lipinski definition) is 7. The van der Waals surface area contributed by atoms with E-state index in [1.165, 1.54) is 37.5 Å². The maximum Gasteiger partial charge on any atom is 0.573 e. The van der Waals surface area contributed by atoms with Crippen LogP contribution in [0.15, 0.2) is 47.4 Å². The zero-order valence-electron chi connectivity index (χ0n) is 17.7. The molecule has 1 aromatic carbocycles. The van der Waals surface area contributed by atoms with Gasteiger partial charge in [0.05, 0.1) is 5.69 Å². The van der Waals surface area contributed by atoms with Crippen LogP contribution in [-0.4, -0.2) is 28.0 Å². The third kappa shape index (κ3) is 6.07. The number of carbonyl (C=O) groups excluding carboxylic acids is 2. The fourth-order valence-electron chi connectivity index (χ4n) is 2.71. The number of amides is 2. The zero-order chi connectivity index (χ0) is 25.0. The number of aromatic hydroxyl groups is 1. The third-order valence-corrected chi connectivity index (χ3v) is 5.34. The highest BCUT2D eigenvalue weighted by Crippen LogP contribution is 2.42. The van der Waals surface area contributed by atoms with Crippen molar-refractivity contribution in [3.05, 3.63) is 52.9 Å². The van der Waals surface area contributed by atoms with Gasteiger partial charge in [0.15, 0.2) is 5.69 Å². The number of alkyl halides is 3. The molecule has 2 heterocycles. The minimum absolute atomic E-state index is 0.0219. The van der Waals surface area contributed by atoms with Crippen molar-refractivity contribution < 1.29 is 37.3 Å². The molecule has 13 heteroatoms. The average molecular weight is 497 g/mol. The molecule has 0 aliphatic carbocycles. The van der Waals surface area contributed by atoms with Crippen LogP contribution in [0.2, 0.25) is 0 Å². The fraction of sp³-hybridized carbons (Fsp3) is 0.190. The first kappa shape index (κ1) is 24.6. The van der Waals surface area contributed by atoms with Gasteiger partial charge in [0.25, 0.3) is 5.56 Å². The summed E-state index contributed by atoms with van der Waals surface area (Å²) in [5.41, 5.74) is -0.709. The Hall–Kier alpha value is -4.00. The van der Waals surface area contributed by atoms with Crippen molar-refractivity contribution in [3.63, 3.8) is 0 Å². The van der Waals surface area contributed by atoms with Gasteiger partial charge in [-0.2, -0.15) is 0 Å². The molecule has 0 saturated heterocycles. The van der Waals surface area contributed by atoms with Crippen LogP contribution in [0.5, 0.6) is 16.6 Å². The number of aromatic nitrogens is 1. The number of thiophene rings is 1. The Kier molecular flexibility index (Phi) is 7.15.